The number of aliphatic hydroxyl groups is 1. The molecule has 1 atom stereocenters. The number of amides is 1. The lowest BCUT2D eigenvalue weighted by molar-refractivity contribution is -0.140. The molecule has 2 aromatic carbocycles. The van der Waals surface area contributed by atoms with Crippen LogP contribution in [0.4, 0.5) is 0 Å². The summed E-state index contributed by atoms with van der Waals surface area (Å²) in [7, 11) is 2.99. The number of hydrogen-bond acceptors (Lipinski definition) is 7. The van der Waals surface area contributed by atoms with E-state index in [1.54, 1.807) is 54.6 Å². The van der Waals surface area contributed by atoms with Gasteiger partial charge < -0.3 is 28.6 Å². The average Bonchev–Trinajstić information content (AvgIpc) is 3.51. The zero-order valence-electron chi connectivity index (χ0n) is 20.5. The van der Waals surface area contributed by atoms with Gasteiger partial charge in [-0.05, 0) is 54.4 Å². The predicted octanol–water partition coefficient (Wildman–Crippen LogP) is 5.10. The molecular formula is C28H29NO7. The standard InChI is InChI=1S/C28H29NO7/c1-4-5-14-35-20-11-8-18(9-12-20)25-24(26(30)19-10-13-22(33-2)23(16-19)34-3)27(31)28(32)29(25)17-21-7-6-15-36-21/h6-13,15-16,25,30H,4-5,14,17H2,1-3H3/t25-/m1/s1. The number of rotatable bonds is 10. The summed E-state index contributed by atoms with van der Waals surface area (Å²) in [6.07, 6.45) is 3.47. The summed E-state index contributed by atoms with van der Waals surface area (Å²) in [6.45, 7) is 2.76. The molecule has 1 aromatic heterocycles. The minimum Gasteiger partial charge on any atom is -0.507 e. The first-order valence-electron chi connectivity index (χ1n) is 11.7. The summed E-state index contributed by atoms with van der Waals surface area (Å²) in [5, 5.41) is 11.3. The molecule has 36 heavy (non-hydrogen) atoms. The number of benzene rings is 2. The second kappa shape index (κ2) is 11.0. The predicted molar refractivity (Wildman–Crippen MR) is 133 cm³/mol. The van der Waals surface area contributed by atoms with Gasteiger partial charge in [0.15, 0.2) is 11.5 Å². The van der Waals surface area contributed by atoms with E-state index in [2.05, 4.69) is 6.92 Å². The summed E-state index contributed by atoms with van der Waals surface area (Å²) in [6, 6.07) is 14.6. The van der Waals surface area contributed by atoms with Gasteiger partial charge in [0.2, 0.25) is 0 Å². The Morgan fingerprint density at radius 1 is 1.03 bits per heavy atom. The monoisotopic (exact) mass is 491 g/mol. The molecule has 0 aliphatic carbocycles. The average molecular weight is 492 g/mol. The van der Waals surface area contributed by atoms with Crippen LogP contribution in [0.3, 0.4) is 0 Å². The molecule has 1 saturated heterocycles. The lowest BCUT2D eigenvalue weighted by atomic mass is 9.95. The first kappa shape index (κ1) is 24.9. The van der Waals surface area contributed by atoms with Crippen molar-refractivity contribution < 1.29 is 33.3 Å². The number of Topliss-reactive ketones (excluding diaryl/α,β-unsaturated/α-hetero) is 1. The van der Waals surface area contributed by atoms with Crippen LogP contribution in [0.25, 0.3) is 5.76 Å². The highest BCUT2D eigenvalue weighted by atomic mass is 16.5. The van der Waals surface area contributed by atoms with Gasteiger partial charge in [0.25, 0.3) is 11.7 Å². The summed E-state index contributed by atoms with van der Waals surface area (Å²) >= 11 is 0. The van der Waals surface area contributed by atoms with Crippen LogP contribution in [0, 0.1) is 0 Å². The molecule has 3 aromatic rings. The normalized spacial score (nSPS) is 16.9. The van der Waals surface area contributed by atoms with Crippen LogP contribution in [0.1, 0.15) is 42.7 Å². The van der Waals surface area contributed by atoms with Gasteiger partial charge >= 0.3 is 0 Å². The molecule has 2 heterocycles. The maximum atomic E-state index is 13.2. The smallest absolute Gasteiger partial charge is 0.296 e. The van der Waals surface area contributed by atoms with E-state index in [9.17, 15) is 14.7 Å². The highest BCUT2D eigenvalue weighted by molar-refractivity contribution is 6.46. The van der Waals surface area contributed by atoms with Gasteiger partial charge in [-0.2, -0.15) is 0 Å². The molecule has 4 rings (SSSR count). The zero-order valence-corrected chi connectivity index (χ0v) is 20.5. The van der Waals surface area contributed by atoms with Crippen LogP contribution in [0.2, 0.25) is 0 Å². The Labute approximate surface area is 209 Å². The van der Waals surface area contributed by atoms with Crippen LogP contribution in [0.15, 0.2) is 70.9 Å². The van der Waals surface area contributed by atoms with Crippen LogP contribution in [-0.2, 0) is 16.1 Å². The van der Waals surface area contributed by atoms with Gasteiger partial charge in [-0.25, -0.2) is 0 Å². The van der Waals surface area contributed by atoms with Gasteiger partial charge in [0.05, 0.1) is 45.2 Å². The van der Waals surface area contributed by atoms with E-state index in [1.165, 1.54) is 25.4 Å². The van der Waals surface area contributed by atoms with E-state index in [-0.39, 0.29) is 17.9 Å². The molecule has 1 fully saturated rings. The largest absolute Gasteiger partial charge is 0.507 e. The van der Waals surface area contributed by atoms with Crippen molar-refractivity contribution >= 4 is 17.4 Å². The molecule has 0 spiro atoms. The summed E-state index contributed by atoms with van der Waals surface area (Å²) in [5.41, 5.74) is 0.970. The van der Waals surface area contributed by atoms with E-state index in [0.717, 1.165) is 12.8 Å². The number of carbonyl (C=O) groups is 2. The second-order valence-electron chi connectivity index (χ2n) is 8.35. The van der Waals surface area contributed by atoms with E-state index in [0.29, 0.717) is 40.7 Å². The Bertz CT molecular complexity index is 1250. The molecule has 0 saturated carbocycles. The van der Waals surface area contributed by atoms with Crippen LogP contribution >= 0.6 is 0 Å². The van der Waals surface area contributed by atoms with Crippen molar-refractivity contribution in [1.29, 1.82) is 0 Å². The topological polar surface area (TPSA) is 98.4 Å². The Balaban J connectivity index is 1.78. The lowest BCUT2D eigenvalue weighted by Gasteiger charge is -2.24. The van der Waals surface area contributed by atoms with E-state index >= 15 is 0 Å². The van der Waals surface area contributed by atoms with Crippen LogP contribution in [-0.4, -0.2) is 42.5 Å². The molecule has 1 aliphatic heterocycles. The molecule has 0 radical (unpaired) electrons. The van der Waals surface area contributed by atoms with Crippen LogP contribution < -0.4 is 14.2 Å². The SMILES string of the molecule is CCCCOc1ccc([C@@H]2C(=C(O)c3ccc(OC)c(OC)c3)C(=O)C(=O)N2Cc2ccco2)cc1. The number of hydrogen-bond donors (Lipinski definition) is 1. The van der Waals surface area contributed by atoms with Crippen molar-refractivity contribution in [3.63, 3.8) is 0 Å². The third kappa shape index (κ3) is 4.93. The fourth-order valence-electron chi connectivity index (χ4n) is 4.18. The molecule has 0 bridgehead atoms. The molecule has 1 N–H and O–H groups in total. The number of likely N-dealkylation sites (tertiary alicyclic amines) is 1. The number of aliphatic hydroxyl groups excluding tert-OH is 1. The highest BCUT2D eigenvalue weighted by Gasteiger charge is 2.46. The minimum absolute atomic E-state index is 0.0153. The Hall–Kier alpha value is -4.20. The number of nitrogens with zero attached hydrogens (tertiary/aromatic N) is 1. The lowest BCUT2D eigenvalue weighted by Crippen LogP contribution is -2.29. The van der Waals surface area contributed by atoms with Crippen molar-refractivity contribution in [2.75, 3.05) is 20.8 Å². The number of unbranched alkanes of at least 4 members (excludes halogenated alkanes) is 1. The van der Waals surface area contributed by atoms with E-state index in [4.69, 9.17) is 18.6 Å². The second-order valence-corrected chi connectivity index (χ2v) is 8.35. The van der Waals surface area contributed by atoms with Crippen molar-refractivity contribution in [1.82, 2.24) is 4.90 Å². The van der Waals surface area contributed by atoms with Crippen molar-refractivity contribution in [2.24, 2.45) is 0 Å². The first-order valence-corrected chi connectivity index (χ1v) is 11.7. The Kier molecular flexibility index (Phi) is 7.63. The minimum atomic E-state index is -0.826. The molecule has 1 amide bonds. The Morgan fingerprint density at radius 3 is 2.42 bits per heavy atom. The Morgan fingerprint density at radius 2 is 1.78 bits per heavy atom. The van der Waals surface area contributed by atoms with E-state index in [1.807, 2.05) is 0 Å². The van der Waals surface area contributed by atoms with Gasteiger partial charge in [0.1, 0.15) is 17.3 Å². The first-order chi connectivity index (χ1) is 17.5. The molecule has 8 nitrogen and oxygen atoms in total. The van der Waals surface area contributed by atoms with Crippen LogP contribution in [0.5, 0.6) is 17.2 Å². The summed E-state index contributed by atoms with van der Waals surface area (Å²) < 4.78 is 21.8. The van der Waals surface area contributed by atoms with Crippen molar-refractivity contribution in [2.45, 2.75) is 32.4 Å². The number of ketones is 1. The van der Waals surface area contributed by atoms with E-state index < -0.39 is 17.7 Å². The summed E-state index contributed by atoms with van der Waals surface area (Å²) in [4.78, 5) is 27.8. The number of ether oxygens (including phenoxy) is 3. The number of methoxy groups -OCH3 is 2. The molecule has 188 valence electrons. The number of furan rings is 1. The third-order valence-electron chi connectivity index (χ3n) is 6.07. The molecular weight excluding hydrogens is 462 g/mol. The highest BCUT2D eigenvalue weighted by Crippen LogP contribution is 2.41. The maximum Gasteiger partial charge on any atom is 0.296 e. The summed E-state index contributed by atoms with van der Waals surface area (Å²) in [5.74, 6) is 0.273. The fraction of sp³-hybridized carbons (Fsp3) is 0.286. The molecule has 8 heteroatoms. The third-order valence-corrected chi connectivity index (χ3v) is 6.07. The maximum absolute atomic E-state index is 13.2. The molecule has 0 unspecified atom stereocenters. The molecule has 1 aliphatic rings. The number of carbonyl (C=O) groups excluding carboxylic acids is 2. The van der Waals surface area contributed by atoms with Gasteiger partial charge in [-0.1, -0.05) is 25.5 Å². The van der Waals surface area contributed by atoms with Crippen molar-refractivity contribution in [3.05, 3.63) is 83.3 Å². The quantitative estimate of drug-likeness (QED) is 0.182. The van der Waals surface area contributed by atoms with Gasteiger partial charge in [0, 0.05) is 5.56 Å². The van der Waals surface area contributed by atoms with Gasteiger partial charge in [-0.3, -0.25) is 9.59 Å². The van der Waals surface area contributed by atoms with Gasteiger partial charge in [-0.15, -0.1) is 0 Å². The zero-order chi connectivity index (χ0) is 25.7. The van der Waals surface area contributed by atoms with Crippen molar-refractivity contribution in [3.8, 4) is 17.2 Å². The fourth-order valence-corrected chi connectivity index (χ4v) is 4.18.